The number of carbonyl (C=O) groups excluding carboxylic acids is 1. The fraction of sp³-hybridized carbons (Fsp3) is 0.500. The molecule has 0 spiro atoms. The number of alkyl halides is 2. The summed E-state index contributed by atoms with van der Waals surface area (Å²) in [7, 11) is -1.31. The van der Waals surface area contributed by atoms with E-state index in [1.54, 1.807) is 0 Å². The summed E-state index contributed by atoms with van der Waals surface area (Å²) in [5.74, 6) is -4.25. The first-order valence-electron chi connectivity index (χ1n) is 6.88. The van der Waals surface area contributed by atoms with Crippen molar-refractivity contribution in [3.8, 4) is 5.75 Å². The fourth-order valence-corrected chi connectivity index (χ4v) is 3.93. The van der Waals surface area contributed by atoms with Crippen LogP contribution in [0.2, 0.25) is 0 Å². The third kappa shape index (κ3) is 2.86. The van der Waals surface area contributed by atoms with Gasteiger partial charge in [-0.2, -0.15) is 0 Å². The van der Waals surface area contributed by atoms with E-state index in [1.807, 2.05) is 0 Å². The van der Waals surface area contributed by atoms with Gasteiger partial charge in [0.1, 0.15) is 11.9 Å². The number of benzene rings is 1. The highest BCUT2D eigenvalue weighted by molar-refractivity contribution is 7.54. The van der Waals surface area contributed by atoms with Crippen molar-refractivity contribution in [3.05, 3.63) is 29.3 Å². The van der Waals surface area contributed by atoms with Gasteiger partial charge in [0.15, 0.2) is 0 Å². The Kier molecular flexibility index (Phi) is 3.94. The Morgan fingerprint density at radius 3 is 2.48 bits per heavy atom. The molecule has 0 amide bonds. The van der Waals surface area contributed by atoms with Gasteiger partial charge in [-0.25, -0.2) is 13.6 Å². The van der Waals surface area contributed by atoms with E-state index in [-0.39, 0.29) is 18.4 Å². The fourth-order valence-electron chi connectivity index (χ4n) is 2.62. The van der Waals surface area contributed by atoms with Crippen LogP contribution in [0.5, 0.6) is 5.75 Å². The monoisotopic (exact) mass is 348 g/mol. The number of carbonyl (C=O) groups is 1. The molecule has 0 bridgehead atoms. The van der Waals surface area contributed by atoms with E-state index in [0.29, 0.717) is 11.3 Å². The molecule has 126 valence electrons. The van der Waals surface area contributed by atoms with Crippen molar-refractivity contribution in [1.82, 2.24) is 0 Å². The number of rotatable bonds is 5. The zero-order valence-electron chi connectivity index (χ0n) is 12.5. The molecular weight excluding hydrogens is 333 g/mol. The number of ether oxygens (including phenoxy) is 2. The average Bonchev–Trinajstić information content (AvgIpc) is 2.82. The number of hydrogen-bond acceptors (Lipinski definition) is 6. The predicted octanol–water partition coefficient (Wildman–Crippen LogP) is 3.52. The molecule has 0 N–H and O–H groups in total. The van der Waals surface area contributed by atoms with Crippen LogP contribution < -0.4 is 4.74 Å². The summed E-state index contributed by atoms with van der Waals surface area (Å²) in [6.07, 6.45) is -1.29. The van der Waals surface area contributed by atoms with Crippen LogP contribution in [-0.2, 0) is 18.3 Å². The highest BCUT2D eigenvalue weighted by Crippen LogP contribution is 2.63. The number of esters is 1. The highest BCUT2D eigenvalue weighted by Gasteiger charge is 2.48. The molecule has 1 unspecified atom stereocenters. The zero-order valence-corrected chi connectivity index (χ0v) is 13.3. The van der Waals surface area contributed by atoms with Crippen molar-refractivity contribution in [1.29, 1.82) is 0 Å². The molecule has 1 heterocycles. The second kappa shape index (κ2) is 5.54. The van der Waals surface area contributed by atoms with Gasteiger partial charge in [-0.15, -0.1) is 0 Å². The van der Waals surface area contributed by atoms with Crippen LogP contribution in [-0.4, -0.2) is 32.2 Å². The molecule has 1 aliphatic carbocycles. The van der Waals surface area contributed by atoms with Gasteiger partial charge in [-0.3, -0.25) is 4.57 Å². The Hall–Kier alpha value is -1.50. The van der Waals surface area contributed by atoms with Crippen molar-refractivity contribution in [2.24, 2.45) is 0 Å². The molecule has 6 nitrogen and oxygen atoms in total. The van der Waals surface area contributed by atoms with E-state index >= 15 is 0 Å². The third-order valence-corrected chi connectivity index (χ3v) is 5.86. The summed E-state index contributed by atoms with van der Waals surface area (Å²) in [6, 6.07) is 4.38. The standard InChI is InChI=1S/C14H15F2O6P/c1-19-23(18,20-2)13-11-5-8(3-4-10(11)12(17)22-13)21-9-6-14(15,16)7-9/h3-5,9,13H,6-7H2,1-2H3. The molecule has 9 heteroatoms. The summed E-state index contributed by atoms with van der Waals surface area (Å²) in [5.41, 5.74) is 0.515. The number of hydrogen-bond donors (Lipinski definition) is 0. The first-order valence-corrected chi connectivity index (χ1v) is 8.50. The van der Waals surface area contributed by atoms with Gasteiger partial charge in [0.2, 0.25) is 5.85 Å². The average molecular weight is 348 g/mol. The van der Waals surface area contributed by atoms with E-state index in [0.717, 1.165) is 0 Å². The van der Waals surface area contributed by atoms with Gasteiger partial charge >= 0.3 is 13.6 Å². The summed E-state index contributed by atoms with van der Waals surface area (Å²) < 4.78 is 58.5. The number of cyclic esters (lactones) is 1. The molecule has 1 saturated carbocycles. The minimum atomic E-state index is -3.68. The lowest BCUT2D eigenvalue weighted by atomic mass is 9.91. The summed E-state index contributed by atoms with van der Waals surface area (Å²) in [4.78, 5) is 11.8. The molecule has 0 aromatic heterocycles. The van der Waals surface area contributed by atoms with Gasteiger partial charge in [0, 0.05) is 32.6 Å². The van der Waals surface area contributed by atoms with Crippen molar-refractivity contribution in [2.75, 3.05) is 14.2 Å². The molecule has 0 radical (unpaired) electrons. The van der Waals surface area contributed by atoms with Crippen LogP contribution >= 0.6 is 7.60 Å². The molecule has 1 atom stereocenters. The Balaban J connectivity index is 1.86. The van der Waals surface area contributed by atoms with Crippen molar-refractivity contribution in [2.45, 2.75) is 30.7 Å². The highest BCUT2D eigenvalue weighted by atomic mass is 31.2. The van der Waals surface area contributed by atoms with Crippen LogP contribution in [0.15, 0.2) is 18.2 Å². The Morgan fingerprint density at radius 1 is 1.26 bits per heavy atom. The van der Waals surface area contributed by atoms with Gasteiger partial charge in [0.25, 0.3) is 5.92 Å². The van der Waals surface area contributed by atoms with E-state index < -0.39 is 31.4 Å². The lowest BCUT2D eigenvalue weighted by Gasteiger charge is -2.34. The number of halogens is 2. The largest absolute Gasteiger partial charge is 0.490 e. The van der Waals surface area contributed by atoms with Crippen LogP contribution in [0, 0.1) is 0 Å². The minimum absolute atomic E-state index is 0.218. The summed E-state index contributed by atoms with van der Waals surface area (Å²) >= 11 is 0. The maximum atomic E-state index is 12.9. The van der Waals surface area contributed by atoms with Gasteiger partial charge in [-0.05, 0) is 18.2 Å². The molecule has 1 aromatic carbocycles. The van der Waals surface area contributed by atoms with E-state index in [4.69, 9.17) is 18.5 Å². The quantitative estimate of drug-likeness (QED) is 0.599. The molecule has 23 heavy (non-hydrogen) atoms. The van der Waals surface area contributed by atoms with Gasteiger partial charge in [-0.1, -0.05) is 0 Å². The maximum Gasteiger partial charge on any atom is 0.375 e. The molecule has 1 aliphatic heterocycles. The third-order valence-electron chi connectivity index (χ3n) is 3.88. The molecule has 2 aliphatic rings. The van der Waals surface area contributed by atoms with Crippen LogP contribution in [0.1, 0.15) is 34.6 Å². The smallest absolute Gasteiger partial charge is 0.375 e. The lowest BCUT2D eigenvalue weighted by molar-refractivity contribution is -0.134. The second-order valence-electron chi connectivity index (χ2n) is 5.42. The first kappa shape index (κ1) is 16.4. The second-order valence-corrected chi connectivity index (χ2v) is 7.69. The van der Waals surface area contributed by atoms with Gasteiger partial charge in [0.05, 0.1) is 5.56 Å². The molecule has 1 fully saturated rings. The van der Waals surface area contributed by atoms with Crippen molar-refractivity contribution in [3.63, 3.8) is 0 Å². The SMILES string of the molecule is COP(=O)(OC)C1OC(=O)c2ccc(OC3CC(F)(F)C3)cc21. The van der Waals surface area contributed by atoms with E-state index in [2.05, 4.69) is 0 Å². The van der Waals surface area contributed by atoms with Crippen LogP contribution in [0.3, 0.4) is 0 Å². The van der Waals surface area contributed by atoms with Crippen molar-refractivity contribution < 1.29 is 36.7 Å². The topological polar surface area (TPSA) is 71.1 Å². The molecule has 0 saturated heterocycles. The summed E-state index contributed by atoms with van der Waals surface area (Å²) in [6.45, 7) is 0. The minimum Gasteiger partial charge on any atom is -0.490 e. The molecule has 1 aromatic rings. The number of fused-ring (bicyclic) bond motifs is 1. The van der Waals surface area contributed by atoms with Crippen molar-refractivity contribution >= 4 is 13.6 Å². The Labute approximate surface area is 131 Å². The first-order chi connectivity index (χ1) is 10.8. The Morgan fingerprint density at radius 2 is 1.91 bits per heavy atom. The predicted molar refractivity (Wildman–Crippen MR) is 74.8 cm³/mol. The van der Waals surface area contributed by atoms with Gasteiger partial charge < -0.3 is 18.5 Å². The molecular formula is C14H15F2O6P. The van der Waals surface area contributed by atoms with E-state index in [1.165, 1.54) is 32.4 Å². The van der Waals surface area contributed by atoms with Crippen LogP contribution in [0.25, 0.3) is 0 Å². The summed E-state index contributed by atoms with van der Waals surface area (Å²) in [5, 5.41) is 0. The molecule has 3 rings (SSSR count). The lowest BCUT2D eigenvalue weighted by Crippen LogP contribution is -2.43. The van der Waals surface area contributed by atoms with Crippen LogP contribution in [0.4, 0.5) is 8.78 Å². The zero-order chi connectivity index (χ0) is 16.8. The normalized spacial score (nSPS) is 23.1. The van der Waals surface area contributed by atoms with E-state index in [9.17, 15) is 18.1 Å². The maximum absolute atomic E-state index is 12.9. The Bertz CT molecular complexity index is 676.